The molecule has 1 aromatic carbocycles. The van der Waals surface area contributed by atoms with Gasteiger partial charge in [0.1, 0.15) is 0 Å². The normalized spacial score (nSPS) is 12.1. The lowest BCUT2D eigenvalue weighted by Crippen LogP contribution is -2.41. The third kappa shape index (κ3) is 7.26. The number of ether oxygens (including phenoxy) is 1. The summed E-state index contributed by atoms with van der Waals surface area (Å²) >= 11 is 0. The molecule has 0 saturated heterocycles. The summed E-state index contributed by atoms with van der Waals surface area (Å²) in [6.07, 6.45) is 3.35. The van der Waals surface area contributed by atoms with Crippen molar-refractivity contribution < 1.29 is 9.53 Å². The molecule has 0 aliphatic carbocycles. The number of nitrogens with one attached hydrogen (secondary N) is 1. The Hall–Kier alpha value is -1.39. The zero-order chi connectivity index (χ0) is 14.6. The maximum absolute atomic E-state index is 11.8. The van der Waals surface area contributed by atoms with Gasteiger partial charge in [-0.1, -0.05) is 37.3 Å². The maximum atomic E-state index is 11.8. The van der Waals surface area contributed by atoms with Crippen LogP contribution < -0.4 is 11.1 Å². The Morgan fingerprint density at radius 3 is 2.75 bits per heavy atom. The minimum Gasteiger partial charge on any atom is -0.381 e. The van der Waals surface area contributed by atoms with Crippen LogP contribution in [0.15, 0.2) is 30.3 Å². The number of hydrogen-bond acceptors (Lipinski definition) is 3. The van der Waals surface area contributed by atoms with Gasteiger partial charge in [-0.25, -0.2) is 0 Å². The molecule has 0 fully saturated rings. The van der Waals surface area contributed by atoms with Crippen molar-refractivity contribution in [3.63, 3.8) is 0 Å². The van der Waals surface area contributed by atoms with Crippen molar-refractivity contribution in [2.24, 2.45) is 5.73 Å². The van der Waals surface area contributed by atoms with Gasteiger partial charge in [0.2, 0.25) is 5.91 Å². The molecule has 1 atom stereocenters. The molecule has 0 aliphatic rings. The van der Waals surface area contributed by atoms with Gasteiger partial charge < -0.3 is 15.8 Å². The maximum Gasteiger partial charge on any atom is 0.236 e. The summed E-state index contributed by atoms with van der Waals surface area (Å²) in [6.45, 7) is 4.17. The predicted molar refractivity (Wildman–Crippen MR) is 81.5 cm³/mol. The Kier molecular flexibility index (Phi) is 8.67. The molecule has 0 heterocycles. The molecule has 1 rings (SSSR count). The highest BCUT2D eigenvalue weighted by atomic mass is 16.5. The highest BCUT2D eigenvalue weighted by Crippen LogP contribution is 2.04. The zero-order valence-corrected chi connectivity index (χ0v) is 12.3. The average molecular weight is 278 g/mol. The van der Waals surface area contributed by atoms with E-state index in [0.717, 1.165) is 25.9 Å². The number of carbonyl (C=O) groups is 1. The number of rotatable bonds is 10. The molecule has 0 aromatic heterocycles. The lowest BCUT2D eigenvalue weighted by atomic mass is 10.1. The fourth-order valence-electron chi connectivity index (χ4n) is 1.86. The van der Waals surface area contributed by atoms with Crippen LogP contribution in [0.3, 0.4) is 0 Å². The van der Waals surface area contributed by atoms with Crippen molar-refractivity contribution in [2.45, 2.75) is 38.6 Å². The van der Waals surface area contributed by atoms with Crippen LogP contribution in [0.1, 0.15) is 31.7 Å². The highest BCUT2D eigenvalue weighted by Gasteiger charge is 2.12. The molecule has 0 bridgehead atoms. The smallest absolute Gasteiger partial charge is 0.236 e. The second-order valence-electron chi connectivity index (χ2n) is 4.89. The van der Waals surface area contributed by atoms with Gasteiger partial charge in [0.25, 0.3) is 0 Å². The second kappa shape index (κ2) is 10.4. The number of aryl methyl sites for hydroxylation is 1. The van der Waals surface area contributed by atoms with Crippen molar-refractivity contribution in [3.05, 3.63) is 35.9 Å². The average Bonchev–Trinajstić information content (AvgIpc) is 2.49. The third-order valence-electron chi connectivity index (χ3n) is 3.04. The number of amides is 1. The first-order valence-electron chi connectivity index (χ1n) is 7.39. The Morgan fingerprint density at radius 1 is 1.30 bits per heavy atom. The molecule has 0 saturated carbocycles. The lowest BCUT2D eigenvalue weighted by molar-refractivity contribution is -0.122. The van der Waals surface area contributed by atoms with Gasteiger partial charge in [-0.3, -0.25) is 4.79 Å². The largest absolute Gasteiger partial charge is 0.381 e. The van der Waals surface area contributed by atoms with Crippen LogP contribution >= 0.6 is 0 Å². The lowest BCUT2D eigenvalue weighted by Gasteiger charge is -2.12. The molecular formula is C16H26N2O2. The number of carbonyl (C=O) groups excluding carboxylic acids is 1. The third-order valence-corrected chi connectivity index (χ3v) is 3.04. The van der Waals surface area contributed by atoms with Crippen molar-refractivity contribution in [1.82, 2.24) is 5.32 Å². The summed E-state index contributed by atoms with van der Waals surface area (Å²) in [7, 11) is 0. The van der Waals surface area contributed by atoms with Gasteiger partial charge in [0.15, 0.2) is 0 Å². The van der Waals surface area contributed by atoms with E-state index in [1.165, 1.54) is 5.56 Å². The molecule has 0 spiro atoms. The molecule has 0 radical (unpaired) electrons. The van der Waals surface area contributed by atoms with Crippen LogP contribution in [0.4, 0.5) is 0 Å². The Morgan fingerprint density at radius 2 is 2.05 bits per heavy atom. The van der Waals surface area contributed by atoms with Gasteiger partial charge in [-0.15, -0.1) is 0 Å². The molecule has 0 aliphatic heterocycles. The molecule has 20 heavy (non-hydrogen) atoms. The standard InChI is InChI=1S/C16H26N2O2/c1-2-12-20-13-6-11-18-16(19)15(17)10-9-14-7-4-3-5-8-14/h3-5,7-8,15H,2,6,9-13,17H2,1H3,(H,18,19)/t15-/m0/s1. The fraction of sp³-hybridized carbons (Fsp3) is 0.562. The van der Waals surface area contributed by atoms with Gasteiger partial charge >= 0.3 is 0 Å². The summed E-state index contributed by atoms with van der Waals surface area (Å²) in [5, 5.41) is 2.85. The first-order valence-corrected chi connectivity index (χ1v) is 7.39. The number of nitrogens with two attached hydrogens (primary N) is 1. The van der Waals surface area contributed by atoms with E-state index in [1.54, 1.807) is 0 Å². The first kappa shape index (κ1) is 16.7. The molecular weight excluding hydrogens is 252 g/mol. The minimum absolute atomic E-state index is 0.0728. The van der Waals surface area contributed by atoms with E-state index in [2.05, 4.69) is 24.4 Å². The Balaban J connectivity index is 2.10. The van der Waals surface area contributed by atoms with Crippen LogP contribution in [-0.4, -0.2) is 31.7 Å². The molecule has 1 aromatic rings. The molecule has 0 unspecified atom stereocenters. The molecule has 4 nitrogen and oxygen atoms in total. The summed E-state index contributed by atoms with van der Waals surface area (Å²) in [5.41, 5.74) is 7.10. The van der Waals surface area contributed by atoms with E-state index in [-0.39, 0.29) is 5.91 Å². The minimum atomic E-state index is -0.438. The molecule has 4 heteroatoms. The Bertz CT molecular complexity index is 368. The van der Waals surface area contributed by atoms with E-state index in [0.29, 0.717) is 19.6 Å². The van der Waals surface area contributed by atoms with Crippen molar-refractivity contribution in [1.29, 1.82) is 0 Å². The van der Waals surface area contributed by atoms with Crippen LogP contribution in [0, 0.1) is 0 Å². The van der Waals surface area contributed by atoms with Gasteiger partial charge in [0, 0.05) is 19.8 Å². The van der Waals surface area contributed by atoms with Crippen LogP contribution in [0.2, 0.25) is 0 Å². The SMILES string of the molecule is CCCOCCCNC(=O)[C@@H](N)CCc1ccccc1. The fourth-order valence-corrected chi connectivity index (χ4v) is 1.86. The van der Waals surface area contributed by atoms with Crippen LogP contribution in [0.25, 0.3) is 0 Å². The van der Waals surface area contributed by atoms with E-state index in [4.69, 9.17) is 10.5 Å². The number of benzene rings is 1. The predicted octanol–water partition coefficient (Wildman–Crippen LogP) is 1.88. The summed E-state index contributed by atoms with van der Waals surface area (Å²) in [5.74, 6) is -0.0728. The van der Waals surface area contributed by atoms with Gasteiger partial charge in [0.05, 0.1) is 6.04 Å². The first-order chi connectivity index (χ1) is 9.74. The van der Waals surface area contributed by atoms with Crippen LogP contribution in [0.5, 0.6) is 0 Å². The molecule has 3 N–H and O–H groups in total. The van der Waals surface area contributed by atoms with Crippen molar-refractivity contribution >= 4 is 5.91 Å². The van der Waals surface area contributed by atoms with Crippen molar-refractivity contribution in [3.8, 4) is 0 Å². The van der Waals surface area contributed by atoms with Crippen molar-refractivity contribution in [2.75, 3.05) is 19.8 Å². The quantitative estimate of drug-likeness (QED) is 0.642. The topological polar surface area (TPSA) is 64.3 Å². The summed E-state index contributed by atoms with van der Waals surface area (Å²) in [4.78, 5) is 11.8. The Labute approximate surface area is 121 Å². The van der Waals surface area contributed by atoms with E-state index in [1.807, 2.05) is 18.2 Å². The molecule has 112 valence electrons. The van der Waals surface area contributed by atoms with Crippen LogP contribution in [-0.2, 0) is 16.0 Å². The van der Waals surface area contributed by atoms with Gasteiger partial charge in [-0.2, -0.15) is 0 Å². The van der Waals surface area contributed by atoms with Gasteiger partial charge in [-0.05, 0) is 31.2 Å². The zero-order valence-electron chi connectivity index (χ0n) is 12.3. The van der Waals surface area contributed by atoms with E-state index < -0.39 is 6.04 Å². The monoisotopic (exact) mass is 278 g/mol. The van der Waals surface area contributed by atoms with E-state index in [9.17, 15) is 4.79 Å². The summed E-state index contributed by atoms with van der Waals surface area (Å²) < 4.78 is 5.35. The second-order valence-corrected chi connectivity index (χ2v) is 4.89. The van der Waals surface area contributed by atoms with E-state index >= 15 is 0 Å². The number of hydrogen-bond donors (Lipinski definition) is 2. The summed E-state index contributed by atoms with van der Waals surface area (Å²) in [6, 6.07) is 9.64. The highest BCUT2D eigenvalue weighted by molar-refractivity contribution is 5.81. The molecule has 1 amide bonds.